The number of benzene rings is 2. The number of hydrogen-bond donors (Lipinski definition) is 0. The van der Waals surface area contributed by atoms with Crippen LogP contribution in [0.5, 0.6) is 5.75 Å². The molecule has 5 rings (SSSR count). The molecule has 176 valence electrons. The van der Waals surface area contributed by atoms with E-state index in [0.29, 0.717) is 33.6 Å². The van der Waals surface area contributed by atoms with Crippen molar-refractivity contribution in [1.82, 2.24) is 0 Å². The third-order valence-corrected chi connectivity index (χ3v) is 6.03. The Kier molecular flexibility index (Phi) is 5.40. The lowest BCUT2D eigenvalue weighted by Crippen LogP contribution is -2.32. The summed E-state index contributed by atoms with van der Waals surface area (Å²) in [5.74, 6) is -1.04. The van der Waals surface area contributed by atoms with Crippen LogP contribution in [0.15, 0.2) is 65.2 Å². The molecule has 1 aromatic heterocycles. The monoisotopic (exact) mass is 469 g/mol. The number of esters is 2. The van der Waals surface area contributed by atoms with Crippen LogP contribution >= 0.6 is 0 Å². The molecule has 0 spiro atoms. The van der Waals surface area contributed by atoms with Crippen LogP contribution in [0.25, 0.3) is 22.6 Å². The van der Waals surface area contributed by atoms with E-state index in [1.807, 2.05) is 49.4 Å². The summed E-state index contributed by atoms with van der Waals surface area (Å²) in [6, 6.07) is 10.4. The Hall–Kier alpha value is -4.39. The van der Waals surface area contributed by atoms with E-state index < -0.39 is 18.0 Å². The molecule has 0 radical (unpaired) electrons. The SMILES string of the molecule is C=C(C)c1cc2cc(C(C)=O)c3c(c2o1)C1C=Cc2ccccc2N1/C(=C/C(=O)OCC)C(=O)O3. The van der Waals surface area contributed by atoms with Crippen LogP contribution in [-0.2, 0) is 14.3 Å². The molecule has 7 nitrogen and oxygen atoms in total. The lowest BCUT2D eigenvalue weighted by Gasteiger charge is -2.34. The van der Waals surface area contributed by atoms with Crippen LogP contribution in [0.4, 0.5) is 5.69 Å². The van der Waals surface area contributed by atoms with Crippen LogP contribution in [0, 0.1) is 0 Å². The number of ketones is 1. The van der Waals surface area contributed by atoms with Gasteiger partial charge in [0.05, 0.1) is 29.9 Å². The Bertz CT molecular complexity index is 1490. The first kappa shape index (κ1) is 22.4. The fourth-order valence-electron chi connectivity index (χ4n) is 4.49. The van der Waals surface area contributed by atoms with E-state index in [4.69, 9.17) is 13.9 Å². The number of rotatable bonds is 4. The second-order valence-corrected chi connectivity index (χ2v) is 8.44. The summed E-state index contributed by atoms with van der Waals surface area (Å²) in [4.78, 5) is 40.3. The first-order chi connectivity index (χ1) is 16.8. The van der Waals surface area contributed by atoms with Gasteiger partial charge in [0.2, 0.25) is 0 Å². The summed E-state index contributed by atoms with van der Waals surface area (Å²) in [5.41, 5.74) is 3.52. The number of allylic oxidation sites excluding steroid dienone is 1. The van der Waals surface area contributed by atoms with Crippen molar-refractivity contribution >= 4 is 46.0 Å². The van der Waals surface area contributed by atoms with Crippen molar-refractivity contribution in [2.75, 3.05) is 11.5 Å². The molecule has 3 aromatic rings. The van der Waals surface area contributed by atoms with E-state index in [-0.39, 0.29) is 29.4 Å². The molecule has 2 aromatic carbocycles. The van der Waals surface area contributed by atoms with Gasteiger partial charge in [-0.15, -0.1) is 0 Å². The number of furan rings is 1. The van der Waals surface area contributed by atoms with Gasteiger partial charge in [-0.25, -0.2) is 9.59 Å². The van der Waals surface area contributed by atoms with Crippen molar-refractivity contribution < 1.29 is 28.3 Å². The Morgan fingerprint density at radius 3 is 2.69 bits per heavy atom. The Labute approximate surface area is 201 Å². The zero-order chi connectivity index (χ0) is 24.9. The smallest absolute Gasteiger partial charge is 0.360 e. The number of fused-ring (bicyclic) bond motifs is 7. The fraction of sp³-hybridized carbons (Fsp3) is 0.179. The van der Waals surface area contributed by atoms with Gasteiger partial charge in [0.15, 0.2) is 11.5 Å². The van der Waals surface area contributed by atoms with Crippen molar-refractivity contribution in [3.8, 4) is 5.75 Å². The number of carbonyl (C=O) groups is 3. The highest BCUT2D eigenvalue weighted by Crippen LogP contribution is 2.49. The van der Waals surface area contributed by atoms with Gasteiger partial charge in [-0.05, 0) is 50.1 Å². The molecule has 0 bridgehead atoms. The maximum atomic E-state index is 13.5. The van der Waals surface area contributed by atoms with E-state index in [0.717, 1.165) is 11.6 Å². The van der Waals surface area contributed by atoms with E-state index in [2.05, 4.69) is 6.58 Å². The molecule has 2 aliphatic heterocycles. The van der Waals surface area contributed by atoms with Gasteiger partial charge in [0, 0.05) is 11.1 Å². The number of para-hydroxylation sites is 1. The summed E-state index contributed by atoms with van der Waals surface area (Å²) in [7, 11) is 0. The average Bonchev–Trinajstić information content (AvgIpc) is 3.21. The zero-order valence-corrected chi connectivity index (χ0v) is 19.6. The van der Waals surface area contributed by atoms with Gasteiger partial charge in [-0.2, -0.15) is 0 Å². The molecule has 0 fully saturated rings. The summed E-state index contributed by atoms with van der Waals surface area (Å²) in [6.45, 7) is 9.05. The molecule has 3 heterocycles. The summed E-state index contributed by atoms with van der Waals surface area (Å²) in [5, 5.41) is 0.688. The van der Waals surface area contributed by atoms with E-state index in [9.17, 15) is 14.4 Å². The Balaban J connectivity index is 1.86. The van der Waals surface area contributed by atoms with Gasteiger partial charge < -0.3 is 18.8 Å². The molecule has 0 N–H and O–H groups in total. The lowest BCUT2D eigenvalue weighted by atomic mass is 9.92. The normalized spacial score (nSPS) is 17.3. The lowest BCUT2D eigenvalue weighted by molar-refractivity contribution is -0.138. The minimum absolute atomic E-state index is 0.00390. The molecular weight excluding hydrogens is 446 g/mol. The molecule has 2 aliphatic rings. The van der Waals surface area contributed by atoms with Crippen molar-refractivity contribution in [1.29, 1.82) is 0 Å². The maximum absolute atomic E-state index is 13.5. The van der Waals surface area contributed by atoms with Crippen molar-refractivity contribution in [2.45, 2.75) is 26.8 Å². The Morgan fingerprint density at radius 2 is 1.97 bits per heavy atom. The quantitative estimate of drug-likeness (QED) is 0.212. The van der Waals surface area contributed by atoms with E-state index >= 15 is 0 Å². The molecule has 7 heteroatoms. The van der Waals surface area contributed by atoms with Crippen molar-refractivity contribution in [2.24, 2.45) is 0 Å². The highest BCUT2D eigenvalue weighted by Gasteiger charge is 2.40. The van der Waals surface area contributed by atoms with Gasteiger partial charge in [-0.1, -0.05) is 36.9 Å². The Morgan fingerprint density at radius 1 is 1.20 bits per heavy atom. The van der Waals surface area contributed by atoms with Crippen LogP contribution in [0.2, 0.25) is 0 Å². The van der Waals surface area contributed by atoms with Gasteiger partial charge in [0.25, 0.3) is 0 Å². The van der Waals surface area contributed by atoms with Gasteiger partial charge in [-0.3, -0.25) is 4.79 Å². The molecule has 0 saturated carbocycles. The number of Topliss-reactive ketones (excluding diaryl/α,β-unsaturated/α-hetero) is 1. The van der Waals surface area contributed by atoms with Crippen molar-refractivity contribution in [3.63, 3.8) is 0 Å². The minimum atomic E-state index is -0.777. The number of anilines is 1. The number of nitrogens with zero attached hydrogens (tertiary/aromatic N) is 1. The predicted octanol–water partition coefficient (Wildman–Crippen LogP) is 5.61. The summed E-state index contributed by atoms with van der Waals surface area (Å²) < 4.78 is 17.1. The standard InChI is InChI=1S/C28H23NO6/c1-5-33-24(31)14-22-28(32)35-27-19(16(4)30)12-18-13-23(15(2)3)34-26(18)25(27)21-11-10-17-8-6-7-9-20(17)29(21)22/h6-14,21H,2,5H2,1,3-4H3/b22-14+. The molecule has 0 aliphatic carbocycles. The highest BCUT2D eigenvalue weighted by molar-refractivity contribution is 6.08. The molecule has 0 amide bonds. The molecule has 35 heavy (non-hydrogen) atoms. The molecule has 0 saturated heterocycles. The predicted molar refractivity (Wildman–Crippen MR) is 132 cm³/mol. The van der Waals surface area contributed by atoms with Crippen LogP contribution in [0.3, 0.4) is 0 Å². The number of hydrogen-bond acceptors (Lipinski definition) is 7. The summed E-state index contributed by atoms with van der Waals surface area (Å²) in [6.07, 6.45) is 4.97. The van der Waals surface area contributed by atoms with Crippen molar-refractivity contribution in [3.05, 3.63) is 83.3 Å². The number of ether oxygens (including phenoxy) is 2. The topological polar surface area (TPSA) is 86.0 Å². The minimum Gasteiger partial charge on any atom is -0.463 e. The van der Waals surface area contributed by atoms with Crippen LogP contribution in [-0.4, -0.2) is 24.3 Å². The summed E-state index contributed by atoms with van der Waals surface area (Å²) >= 11 is 0. The third kappa shape index (κ3) is 3.65. The van der Waals surface area contributed by atoms with Crippen LogP contribution in [0.1, 0.15) is 54.1 Å². The first-order valence-corrected chi connectivity index (χ1v) is 11.2. The first-order valence-electron chi connectivity index (χ1n) is 11.2. The van der Waals surface area contributed by atoms with E-state index in [1.165, 1.54) is 6.92 Å². The zero-order valence-electron chi connectivity index (χ0n) is 19.6. The third-order valence-electron chi connectivity index (χ3n) is 6.03. The van der Waals surface area contributed by atoms with Gasteiger partial charge in [0.1, 0.15) is 17.0 Å². The fourth-order valence-corrected chi connectivity index (χ4v) is 4.49. The van der Waals surface area contributed by atoms with Crippen LogP contribution < -0.4 is 9.64 Å². The maximum Gasteiger partial charge on any atom is 0.360 e. The molecular formula is C28H23NO6. The largest absolute Gasteiger partial charge is 0.463 e. The van der Waals surface area contributed by atoms with E-state index in [1.54, 1.807) is 17.9 Å². The highest BCUT2D eigenvalue weighted by atomic mass is 16.5. The molecule has 1 atom stereocenters. The molecule has 1 unspecified atom stereocenters. The second-order valence-electron chi connectivity index (χ2n) is 8.44. The second kappa shape index (κ2) is 8.43. The average molecular weight is 469 g/mol. The number of carbonyl (C=O) groups excluding carboxylic acids is 3. The van der Waals surface area contributed by atoms with Gasteiger partial charge >= 0.3 is 11.9 Å².